The number of hydrogen-bond acceptors (Lipinski definition) is 2. The minimum atomic E-state index is -1.54. The predicted molar refractivity (Wildman–Crippen MR) is 104 cm³/mol. The number of benzene rings is 1. The maximum Gasteiger partial charge on any atom is 0.174 e. The second-order valence-electron chi connectivity index (χ2n) is 5.68. The van der Waals surface area contributed by atoms with Gasteiger partial charge in [-0.2, -0.15) is 0 Å². The highest BCUT2D eigenvalue weighted by Crippen LogP contribution is 2.32. The molecule has 2 rings (SSSR count). The number of hydrogen-bond donors (Lipinski definition) is 0. The summed E-state index contributed by atoms with van der Waals surface area (Å²) in [6, 6.07) is 4.03. The monoisotopic (exact) mass is 534 g/mol. The van der Waals surface area contributed by atoms with Gasteiger partial charge >= 0.3 is 0 Å². The zero-order valence-corrected chi connectivity index (χ0v) is 17.9. The third kappa shape index (κ3) is 3.34. The minimum Gasteiger partial charge on any atom is -0.362 e. The fraction of sp³-hybridized carbons (Fsp3) is 0.462. The van der Waals surface area contributed by atoms with Crippen molar-refractivity contribution in [1.29, 1.82) is 0 Å². The molecule has 0 spiro atoms. The van der Waals surface area contributed by atoms with Gasteiger partial charge in [0.1, 0.15) is 13.9 Å². The zero-order valence-electron chi connectivity index (χ0n) is 11.9. The first-order chi connectivity index (χ1) is 9.25. The Kier molecular flexibility index (Phi) is 5.43. The molecule has 1 aromatic carbocycles. The average Bonchev–Trinajstić information content (AvgIpc) is 2.61. The first-order valence-corrected chi connectivity index (χ1v) is 12.5. The average molecular weight is 535 g/mol. The highest BCUT2D eigenvalue weighted by molar-refractivity contribution is 14.1. The lowest BCUT2D eigenvalue weighted by Crippen LogP contribution is -2.37. The van der Waals surface area contributed by atoms with E-state index in [0.717, 1.165) is 23.5 Å². The normalized spacial score (nSPS) is 13.9. The van der Waals surface area contributed by atoms with Crippen LogP contribution >= 0.6 is 56.8 Å². The maximum atomic E-state index is 6.28. The van der Waals surface area contributed by atoms with Crippen molar-refractivity contribution in [2.45, 2.75) is 32.4 Å². The van der Waals surface area contributed by atoms with Crippen LogP contribution < -0.4 is 0 Å². The Morgan fingerprint density at radius 2 is 2.00 bits per heavy atom. The molecule has 0 radical (unpaired) electrons. The van der Waals surface area contributed by atoms with Crippen LogP contribution in [-0.2, 0) is 4.74 Å². The van der Waals surface area contributed by atoms with Crippen molar-refractivity contribution in [2.75, 3.05) is 6.61 Å². The first kappa shape index (κ1) is 17.0. The largest absolute Gasteiger partial charge is 0.362 e. The number of halogens is 3. The number of rotatable bonds is 4. The van der Waals surface area contributed by atoms with E-state index >= 15 is 0 Å². The van der Waals surface area contributed by atoms with Gasteiger partial charge < -0.3 is 4.74 Å². The molecule has 1 aromatic heterocycles. The standard InChI is InChI=1S/C13H17ClI2N2OSi/c1-5-19-13(20(2,3)4)18-11-6-8(14)9(15)7-10(11)17-12(18)16/h6-7,13H,5H2,1-4H3. The van der Waals surface area contributed by atoms with Gasteiger partial charge in [-0.15, -0.1) is 0 Å². The van der Waals surface area contributed by atoms with Crippen molar-refractivity contribution in [3.8, 4) is 0 Å². The molecule has 1 heterocycles. The van der Waals surface area contributed by atoms with E-state index in [-0.39, 0.29) is 5.85 Å². The van der Waals surface area contributed by atoms with Crippen LogP contribution in [0.25, 0.3) is 11.0 Å². The van der Waals surface area contributed by atoms with Crippen molar-refractivity contribution < 1.29 is 4.74 Å². The molecule has 0 amide bonds. The highest BCUT2D eigenvalue weighted by atomic mass is 127. The van der Waals surface area contributed by atoms with E-state index in [1.54, 1.807) is 0 Å². The summed E-state index contributed by atoms with van der Waals surface area (Å²) in [7, 11) is -1.54. The first-order valence-electron chi connectivity index (χ1n) is 6.39. The molecule has 0 saturated heterocycles. The molecule has 2 aromatic rings. The van der Waals surface area contributed by atoms with Crippen molar-refractivity contribution in [3.05, 3.63) is 24.6 Å². The Morgan fingerprint density at radius 1 is 1.35 bits per heavy atom. The molecular formula is C13H17ClI2N2OSi. The molecule has 0 fully saturated rings. The molecule has 20 heavy (non-hydrogen) atoms. The molecule has 0 aliphatic carbocycles. The van der Waals surface area contributed by atoms with Crippen LogP contribution in [0.3, 0.4) is 0 Å². The molecule has 110 valence electrons. The SMILES string of the molecule is CCOC(n1c(I)nc2cc(I)c(Cl)cc21)[Si](C)(C)C. The number of imidazole rings is 1. The van der Waals surface area contributed by atoms with Gasteiger partial charge in [0.15, 0.2) is 3.83 Å². The molecular weight excluding hydrogens is 518 g/mol. The van der Waals surface area contributed by atoms with Gasteiger partial charge in [-0.05, 0) is 41.6 Å². The fourth-order valence-corrected chi connectivity index (χ4v) is 5.50. The highest BCUT2D eigenvalue weighted by Gasteiger charge is 2.32. The van der Waals surface area contributed by atoms with Crippen molar-refractivity contribution in [3.63, 3.8) is 0 Å². The smallest absolute Gasteiger partial charge is 0.174 e. The fourth-order valence-electron chi connectivity index (χ4n) is 2.15. The number of nitrogens with zero attached hydrogens (tertiary/aromatic N) is 2. The van der Waals surface area contributed by atoms with Crippen LogP contribution in [0, 0.1) is 7.40 Å². The summed E-state index contributed by atoms with van der Waals surface area (Å²) in [4.78, 5) is 4.66. The van der Waals surface area contributed by atoms with Crippen LogP contribution in [0.1, 0.15) is 12.8 Å². The lowest BCUT2D eigenvalue weighted by Gasteiger charge is -2.30. The lowest BCUT2D eigenvalue weighted by atomic mass is 10.3. The second kappa shape index (κ2) is 6.39. The van der Waals surface area contributed by atoms with E-state index in [1.165, 1.54) is 0 Å². The Bertz CT molecular complexity index is 639. The molecule has 0 N–H and O–H groups in total. The van der Waals surface area contributed by atoms with E-state index in [2.05, 4.69) is 74.4 Å². The Hall–Kier alpha value is 0.617. The van der Waals surface area contributed by atoms with Gasteiger partial charge in [-0.1, -0.05) is 31.2 Å². The van der Waals surface area contributed by atoms with Gasteiger partial charge in [-0.25, -0.2) is 4.98 Å². The molecule has 0 aliphatic rings. The number of ether oxygens (including phenoxy) is 1. The summed E-state index contributed by atoms with van der Waals surface area (Å²) in [5.41, 5.74) is 2.03. The number of aromatic nitrogens is 2. The second-order valence-corrected chi connectivity index (χ2v) is 13.4. The minimum absolute atomic E-state index is 0.0699. The number of fused-ring (bicyclic) bond motifs is 1. The molecule has 0 bridgehead atoms. The van der Waals surface area contributed by atoms with Crippen molar-refractivity contribution in [1.82, 2.24) is 9.55 Å². The van der Waals surface area contributed by atoms with Crippen LogP contribution in [0.4, 0.5) is 0 Å². The lowest BCUT2D eigenvalue weighted by molar-refractivity contribution is 0.0647. The quantitative estimate of drug-likeness (QED) is 0.393. The van der Waals surface area contributed by atoms with E-state index in [4.69, 9.17) is 16.3 Å². The van der Waals surface area contributed by atoms with Crippen LogP contribution in [0.5, 0.6) is 0 Å². The topological polar surface area (TPSA) is 27.1 Å². The van der Waals surface area contributed by atoms with E-state index in [9.17, 15) is 0 Å². The summed E-state index contributed by atoms with van der Waals surface area (Å²) in [6.45, 7) is 9.66. The molecule has 0 aliphatic heterocycles. The molecule has 7 heteroatoms. The third-order valence-electron chi connectivity index (χ3n) is 2.99. The van der Waals surface area contributed by atoms with E-state index < -0.39 is 8.07 Å². The third-order valence-corrected chi connectivity index (χ3v) is 7.18. The van der Waals surface area contributed by atoms with Crippen LogP contribution in [-0.4, -0.2) is 24.2 Å². The van der Waals surface area contributed by atoms with Crippen molar-refractivity contribution >= 4 is 75.9 Å². The summed E-state index contributed by atoms with van der Waals surface area (Å²) in [5.74, 6) is 0.0699. The Morgan fingerprint density at radius 3 is 2.55 bits per heavy atom. The maximum absolute atomic E-state index is 6.28. The molecule has 0 saturated carbocycles. The summed E-state index contributed by atoms with van der Waals surface area (Å²) in [5, 5.41) is 0.765. The van der Waals surface area contributed by atoms with Gasteiger partial charge in [0, 0.05) is 32.8 Å². The van der Waals surface area contributed by atoms with Gasteiger partial charge in [0.2, 0.25) is 0 Å². The summed E-state index contributed by atoms with van der Waals surface area (Å²) < 4.78 is 10.2. The zero-order chi connectivity index (χ0) is 15.1. The van der Waals surface area contributed by atoms with Crippen LogP contribution in [0.2, 0.25) is 24.7 Å². The summed E-state index contributed by atoms with van der Waals surface area (Å²) in [6.07, 6.45) is 0. The molecule has 1 unspecified atom stereocenters. The van der Waals surface area contributed by atoms with E-state index in [1.807, 2.05) is 19.1 Å². The molecule has 3 nitrogen and oxygen atoms in total. The molecule has 1 atom stereocenters. The Balaban J connectivity index is 2.68. The Labute approximate surface area is 152 Å². The van der Waals surface area contributed by atoms with Crippen LogP contribution in [0.15, 0.2) is 12.1 Å². The predicted octanol–water partition coefficient (Wildman–Crippen LogP) is 5.31. The van der Waals surface area contributed by atoms with E-state index in [0.29, 0.717) is 6.61 Å². The van der Waals surface area contributed by atoms with Crippen molar-refractivity contribution in [2.24, 2.45) is 0 Å². The summed E-state index contributed by atoms with van der Waals surface area (Å²) >= 11 is 10.8. The van der Waals surface area contributed by atoms with Gasteiger partial charge in [-0.3, -0.25) is 4.57 Å². The van der Waals surface area contributed by atoms with Gasteiger partial charge in [0.25, 0.3) is 0 Å². The van der Waals surface area contributed by atoms with Gasteiger partial charge in [0.05, 0.1) is 16.1 Å².